The first-order chi connectivity index (χ1) is 17.2. The maximum atomic E-state index is 13.0. The lowest BCUT2D eigenvalue weighted by Crippen LogP contribution is -2.22. The minimum atomic E-state index is -0.0634. The molecule has 2 aromatic heterocycles. The van der Waals surface area contributed by atoms with Gasteiger partial charge in [-0.25, -0.2) is 9.38 Å². The van der Waals surface area contributed by atoms with Crippen molar-refractivity contribution < 1.29 is 14.2 Å². The van der Waals surface area contributed by atoms with Crippen LogP contribution in [-0.4, -0.2) is 29.7 Å². The smallest absolute Gasteiger partial charge is 0.274 e. The Balaban J connectivity index is 1.27. The molecule has 0 aliphatic heterocycles. The first-order valence-electron chi connectivity index (χ1n) is 11.2. The van der Waals surface area contributed by atoms with Crippen molar-refractivity contribution in [1.82, 2.24) is 9.38 Å². The van der Waals surface area contributed by atoms with E-state index >= 15 is 0 Å². The van der Waals surface area contributed by atoms with Crippen molar-refractivity contribution in [3.63, 3.8) is 0 Å². The number of thiazole rings is 1. The standard InChI is InChI=1S/C28H24N2O4S/c1-3-7-19-12-13-24(25(17-19)32-2)34-15-14-33-21-9-6-8-20(16-21)18-26-27(31)30-23-11-5-4-10-22(23)29-28(30)35-26/h3-6,8-13,16-18H,1,7,14-15H2,2H3/b26-18+. The van der Waals surface area contributed by atoms with E-state index in [1.807, 2.05) is 78.9 Å². The molecule has 176 valence electrons. The van der Waals surface area contributed by atoms with Gasteiger partial charge in [-0.3, -0.25) is 4.79 Å². The van der Waals surface area contributed by atoms with Gasteiger partial charge in [0.1, 0.15) is 19.0 Å². The van der Waals surface area contributed by atoms with E-state index in [1.165, 1.54) is 11.3 Å². The van der Waals surface area contributed by atoms with Gasteiger partial charge in [-0.15, -0.1) is 6.58 Å². The average Bonchev–Trinajstić information content (AvgIpc) is 3.38. The van der Waals surface area contributed by atoms with Crippen molar-refractivity contribution in [3.05, 3.63) is 105 Å². The molecule has 3 aromatic carbocycles. The van der Waals surface area contributed by atoms with Gasteiger partial charge in [0.25, 0.3) is 5.56 Å². The third-order valence-corrected chi connectivity index (χ3v) is 6.49. The fourth-order valence-corrected chi connectivity index (χ4v) is 4.88. The summed E-state index contributed by atoms with van der Waals surface area (Å²) in [6.45, 7) is 4.50. The zero-order chi connectivity index (χ0) is 24.2. The van der Waals surface area contributed by atoms with Gasteiger partial charge in [0.15, 0.2) is 16.5 Å². The van der Waals surface area contributed by atoms with E-state index in [0.717, 1.165) is 28.6 Å². The molecule has 0 amide bonds. The molecule has 0 saturated heterocycles. The Morgan fingerprint density at radius 1 is 1.00 bits per heavy atom. The summed E-state index contributed by atoms with van der Waals surface area (Å²) in [5.41, 5.74) is 3.58. The molecule has 35 heavy (non-hydrogen) atoms. The van der Waals surface area contributed by atoms with Gasteiger partial charge in [0.2, 0.25) is 0 Å². The van der Waals surface area contributed by atoms with E-state index in [1.54, 1.807) is 11.5 Å². The van der Waals surface area contributed by atoms with Crippen LogP contribution >= 0.6 is 11.3 Å². The van der Waals surface area contributed by atoms with Crippen LogP contribution in [0.1, 0.15) is 11.1 Å². The molecule has 2 heterocycles. The molecule has 0 spiro atoms. The summed E-state index contributed by atoms with van der Waals surface area (Å²) in [5, 5.41) is 0. The van der Waals surface area contributed by atoms with Crippen LogP contribution in [-0.2, 0) is 6.42 Å². The van der Waals surface area contributed by atoms with Gasteiger partial charge in [-0.1, -0.05) is 47.7 Å². The highest BCUT2D eigenvalue weighted by molar-refractivity contribution is 7.15. The van der Waals surface area contributed by atoms with Gasteiger partial charge >= 0.3 is 0 Å². The number of fused-ring (bicyclic) bond motifs is 3. The van der Waals surface area contributed by atoms with Gasteiger partial charge in [-0.05, 0) is 60.0 Å². The summed E-state index contributed by atoms with van der Waals surface area (Å²) in [6, 6.07) is 21.1. The van der Waals surface area contributed by atoms with Crippen molar-refractivity contribution in [3.8, 4) is 17.2 Å². The van der Waals surface area contributed by atoms with Crippen molar-refractivity contribution in [2.45, 2.75) is 6.42 Å². The Bertz CT molecular complexity index is 1620. The normalized spacial score (nSPS) is 11.7. The van der Waals surface area contributed by atoms with Gasteiger partial charge in [0, 0.05) is 0 Å². The van der Waals surface area contributed by atoms with E-state index in [9.17, 15) is 4.79 Å². The number of imidazole rings is 1. The second-order valence-corrected chi connectivity index (χ2v) is 8.89. The van der Waals surface area contributed by atoms with Crippen LogP contribution in [0.3, 0.4) is 0 Å². The maximum absolute atomic E-state index is 13.0. The van der Waals surface area contributed by atoms with E-state index < -0.39 is 0 Å². The lowest BCUT2D eigenvalue weighted by atomic mass is 10.1. The molecule has 0 radical (unpaired) electrons. The first kappa shape index (κ1) is 22.7. The molecule has 0 aliphatic carbocycles. The predicted octanol–water partition coefficient (Wildman–Crippen LogP) is 4.65. The molecule has 0 N–H and O–H groups in total. The van der Waals surface area contributed by atoms with Crippen LogP contribution < -0.4 is 24.3 Å². The molecular weight excluding hydrogens is 460 g/mol. The summed E-state index contributed by atoms with van der Waals surface area (Å²) in [6.07, 6.45) is 4.50. The molecule has 0 atom stereocenters. The quantitative estimate of drug-likeness (QED) is 0.225. The van der Waals surface area contributed by atoms with E-state index in [-0.39, 0.29) is 5.56 Å². The third kappa shape index (κ3) is 4.76. The topological polar surface area (TPSA) is 62.1 Å². The summed E-state index contributed by atoms with van der Waals surface area (Å²) in [5.74, 6) is 2.06. The van der Waals surface area contributed by atoms with Gasteiger partial charge in [-0.2, -0.15) is 0 Å². The lowest BCUT2D eigenvalue weighted by Gasteiger charge is -2.12. The first-order valence-corrected chi connectivity index (χ1v) is 12.0. The number of nitrogens with zero attached hydrogens (tertiary/aromatic N) is 2. The average molecular weight is 485 g/mol. The molecule has 7 heteroatoms. The van der Waals surface area contributed by atoms with Crippen LogP contribution in [0.5, 0.6) is 17.2 Å². The molecule has 0 unspecified atom stereocenters. The Hall–Kier alpha value is -4.10. The summed E-state index contributed by atoms with van der Waals surface area (Å²) < 4.78 is 19.5. The SMILES string of the molecule is C=CCc1ccc(OCCOc2cccc(/C=c3/sc4nc5ccccc5n4c3=O)c2)c(OC)c1. The van der Waals surface area contributed by atoms with Crippen LogP contribution in [0.15, 0.2) is 84.2 Å². The largest absolute Gasteiger partial charge is 0.493 e. The number of allylic oxidation sites excluding steroid dienone is 1. The third-order valence-electron chi connectivity index (χ3n) is 5.52. The second kappa shape index (κ2) is 10.0. The highest BCUT2D eigenvalue weighted by Crippen LogP contribution is 2.28. The Morgan fingerprint density at radius 2 is 1.86 bits per heavy atom. The molecule has 5 rings (SSSR count). The number of aromatic nitrogens is 2. The fraction of sp³-hybridized carbons (Fsp3) is 0.143. The summed E-state index contributed by atoms with van der Waals surface area (Å²) in [7, 11) is 1.62. The summed E-state index contributed by atoms with van der Waals surface area (Å²) >= 11 is 1.38. The van der Waals surface area contributed by atoms with Crippen molar-refractivity contribution in [2.24, 2.45) is 0 Å². The number of ether oxygens (including phenoxy) is 3. The second-order valence-electron chi connectivity index (χ2n) is 7.88. The van der Waals surface area contributed by atoms with Crippen LogP contribution in [0, 0.1) is 0 Å². The molecule has 0 bridgehead atoms. The molecule has 0 aliphatic rings. The molecule has 6 nitrogen and oxygen atoms in total. The lowest BCUT2D eigenvalue weighted by molar-refractivity contribution is 0.211. The molecule has 0 fully saturated rings. The predicted molar refractivity (Wildman–Crippen MR) is 140 cm³/mol. The maximum Gasteiger partial charge on any atom is 0.274 e. The number of benzene rings is 3. The fourth-order valence-electron chi connectivity index (χ4n) is 3.89. The monoisotopic (exact) mass is 484 g/mol. The Kier molecular flexibility index (Phi) is 6.50. The number of hydrogen-bond acceptors (Lipinski definition) is 6. The van der Waals surface area contributed by atoms with Crippen LogP contribution in [0.4, 0.5) is 0 Å². The van der Waals surface area contributed by atoms with Crippen molar-refractivity contribution in [2.75, 3.05) is 20.3 Å². The van der Waals surface area contributed by atoms with E-state index in [0.29, 0.717) is 40.0 Å². The Morgan fingerprint density at radius 3 is 2.71 bits per heavy atom. The number of hydrogen-bond donors (Lipinski definition) is 0. The van der Waals surface area contributed by atoms with Crippen LogP contribution in [0.25, 0.3) is 22.1 Å². The van der Waals surface area contributed by atoms with E-state index in [2.05, 4.69) is 11.6 Å². The summed E-state index contributed by atoms with van der Waals surface area (Å²) in [4.78, 5) is 18.2. The Labute approximate surface area is 206 Å². The minimum absolute atomic E-state index is 0.0634. The van der Waals surface area contributed by atoms with Gasteiger partial charge < -0.3 is 14.2 Å². The minimum Gasteiger partial charge on any atom is -0.493 e. The molecule has 5 aromatic rings. The number of rotatable bonds is 9. The zero-order valence-corrected chi connectivity index (χ0v) is 20.1. The number of methoxy groups -OCH3 is 1. The van der Waals surface area contributed by atoms with E-state index in [4.69, 9.17) is 14.2 Å². The highest BCUT2D eigenvalue weighted by atomic mass is 32.1. The van der Waals surface area contributed by atoms with Crippen LogP contribution in [0.2, 0.25) is 0 Å². The van der Waals surface area contributed by atoms with Crippen molar-refractivity contribution >= 4 is 33.4 Å². The molecular formula is C28H24N2O4S. The van der Waals surface area contributed by atoms with Gasteiger partial charge in [0.05, 0.1) is 22.7 Å². The van der Waals surface area contributed by atoms with Crippen molar-refractivity contribution in [1.29, 1.82) is 0 Å². The number of para-hydroxylation sites is 2. The molecule has 0 saturated carbocycles. The zero-order valence-electron chi connectivity index (χ0n) is 19.3. The highest BCUT2D eigenvalue weighted by Gasteiger charge is 2.10.